The lowest BCUT2D eigenvalue weighted by Gasteiger charge is -2.36. The third-order valence-electron chi connectivity index (χ3n) is 5.56. The molecule has 1 atom stereocenters. The van der Waals surface area contributed by atoms with Gasteiger partial charge in [-0.1, -0.05) is 18.2 Å². The lowest BCUT2D eigenvalue weighted by molar-refractivity contribution is 0.0629. The summed E-state index contributed by atoms with van der Waals surface area (Å²) in [7, 11) is 0. The predicted molar refractivity (Wildman–Crippen MR) is 107 cm³/mol. The van der Waals surface area contributed by atoms with Crippen LogP contribution in [0, 0.1) is 13.8 Å². The van der Waals surface area contributed by atoms with E-state index >= 15 is 0 Å². The quantitative estimate of drug-likeness (QED) is 0.522. The smallest absolute Gasteiger partial charge is 0.290 e. The Bertz CT molecular complexity index is 1170. The van der Waals surface area contributed by atoms with Crippen LogP contribution in [-0.2, 0) is 6.54 Å². The van der Waals surface area contributed by atoms with Crippen LogP contribution in [0.15, 0.2) is 65.3 Å². The van der Waals surface area contributed by atoms with Gasteiger partial charge in [0, 0.05) is 42.1 Å². The van der Waals surface area contributed by atoms with Gasteiger partial charge in [0.05, 0.1) is 5.69 Å². The van der Waals surface area contributed by atoms with Gasteiger partial charge in [0.1, 0.15) is 11.6 Å². The molecule has 3 aromatic heterocycles. The first kappa shape index (κ1) is 16.8. The second kappa shape index (κ2) is 6.37. The minimum atomic E-state index is -0.230. The Morgan fingerprint density at radius 3 is 2.82 bits per heavy atom. The lowest BCUT2D eigenvalue weighted by atomic mass is 10.0. The summed E-state index contributed by atoms with van der Waals surface area (Å²) >= 11 is 0. The first-order chi connectivity index (χ1) is 13.6. The van der Waals surface area contributed by atoms with Crippen molar-refractivity contribution in [2.75, 3.05) is 6.54 Å². The standard InChI is InChI=1S/C23H21N3O2/c1-15-8-9-17-16(2)22(28-20(17)14-15)23(27)26-13-12-25-11-5-7-19(25)21(26)18-6-3-4-10-24-18/h3-11,14,21H,12-13H2,1-2H3/t21-/m0/s1. The highest BCUT2D eigenvalue weighted by Crippen LogP contribution is 2.34. The summed E-state index contributed by atoms with van der Waals surface area (Å²) in [5, 5.41) is 0.990. The van der Waals surface area contributed by atoms with E-state index in [1.165, 1.54) is 0 Å². The molecule has 0 radical (unpaired) electrons. The van der Waals surface area contributed by atoms with Crippen LogP contribution in [0.25, 0.3) is 11.0 Å². The topological polar surface area (TPSA) is 51.3 Å². The Morgan fingerprint density at radius 2 is 2.00 bits per heavy atom. The van der Waals surface area contributed by atoms with E-state index in [2.05, 4.69) is 21.8 Å². The second-order valence-electron chi connectivity index (χ2n) is 7.34. The lowest BCUT2D eigenvalue weighted by Crippen LogP contribution is -2.42. The molecule has 4 aromatic rings. The van der Waals surface area contributed by atoms with Gasteiger partial charge in [0.15, 0.2) is 5.76 Å². The molecular weight excluding hydrogens is 350 g/mol. The molecule has 0 fully saturated rings. The number of fused-ring (bicyclic) bond motifs is 2. The van der Waals surface area contributed by atoms with Crippen LogP contribution in [0.4, 0.5) is 0 Å². The predicted octanol–water partition coefficient (Wildman–Crippen LogP) is 4.49. The SMILES string of the molecule is Cc1ccc2c(C)c(C(=O)N3CCn4cccc4[C@@H]3c3ccccn3)oc2c1. The Morgan fingerprint density at radius 1 is 1.11 bits per heavy atom. The van der Waals surface area contributed by atoms with E-state index in [0.29, 0.717) is 12.3 Å². The minimum absolute atomic E-state index is 0.0885. The molecule has 4 heterocycles. The molecule has 140 valence electrons. The van der Waals surface area contributed by atoms with Crippen molar-refractivity contribution in [3.8, 4) is 0 Å². The fraction of sp³-hybridized carbons (Fsp3) is 0.217. The zero-order valence-corrected chi connectivity index (χ0v) is 15.9. The van der Waals surface area contributed by atoms with E-state index in [-0.39, 0.29) is 11.9 Å². The number of hydrogen-bond donors (Lipinski definition) is 0. The molecule has 5 heteroatoms. The molecule has 5 rings (SSSR count). The number of amides is 1. The summed E-state index contributed by atoms with van der Waals surface area (Å²) in [6, 6.07) is 15.7. The summed E-state index contributed by atoms with van der Waals surface area (Å²) in [6.45, 7) is 5.35. The number of rotatable bonds is 2. The molecule has 5 nitrogen and oxygen atoms in total. The van der Waals surface area contributed by atoms with Gasteiger partial charge in [-0.05, 0) is 49.7 Å². The number of aryl methyl sites for hydroxylation is 2. The molecule has 0 unspecified atom stereocenters. The van der Waals surface area contributed by atoms with Crippen LogP contribution in [-0.4, -0.2) is 26.9 Å². The molecule has 28 heavy (non-hydrogen) atoms. The monoisotopic (exact) mass is 371 g/mol. The Hall–Kier alpha value is -3.34. The van der Waals surface area contributed by atoms with Crippen molar-refractivity contribution in [1.29, 1.82) is 0 Å². The molecule has 0 saturated heterocycles. The van der Waals surface area contributed by atoms with Crippen LogP contribution in [0.3, 0.4) is 0 Å². The van der Waals surface area contributed by atoms with Gasteiger partial charge in [-0.25, -0.2) is 0 Å². The third kappa shape index (κ3) is 2.54. The molecule has 0 N–H and O–H groups in total. The Balaban J connectivity index is 1.61. The van der Waals surface area contributed by atoms with Crippen LogP contribution < -0.4 is 0 Å². The van der Waals surface area contributed by atoms with Gasteiger partial charge in [-0.3, -0.25) is 9.78 Å². The van der Waals surface area contributed by atoms with Crippen molar-refractivity contribution < 1.29 is 9.21 Å². The van der Waals surface area contributed by atoms with E-state index in [4.69, 9.17) is 4.42 Å². The summed E-state index contributed by atoms with van der Waals surface area (Å²) < 4.78 is 8.22. The second-order valence-corrected chi connectivity index (χ2v) is 7.34. The van der Waals surface area contributed by atoms with Gasteiger partial charge in [-0.15, -0.1) is 0 Å². The molecular formula is C23H21N3O2. The highest BCUT2D eigenvalue weighted by atomic mass is 16.3. The zero-order valence-electron chi connectivity index (χ0n) is 15.9. The minimum Gasteiger partial charge on any atom is -0.451 e. The highest BCUT2D eigenvalue weighted by molar-refractivity contribution is 5.99. The highest BCUT2D eigenvalue weighted by Gasteiger charge is 2.35. The average Bonchev–Trinajstić information content (AvgIpc) is 3.31. The van der Waals surface area contributed by atoms with Crippen LogP contribution in [0.2, 0.25) is 0 Å². The Labute approximate surface area is 163 Å². The number of benzene rings is 1. The number of nitrogens with zero attached hydrogens (tertiary/aromatic N) is 3. The van der Waals surface area contributed by atoms with Gasteiger partial charge >= 0.3 is 0 Å². The normalized spacial score (nSPS) is 16.4. The maximum Gasteiger partial charge on any atom is 0.290 e. The summed E-state index contributed by atoms with van der Waals surface area (Å²) in [6.07, 6.45) is 3.83. The molecule has 1 aliphatic heterocycles. The van der Waals surface area contributed by atoms with E-state index in [9.17, 15) is 4.79 Å². The van der Waals surface area contributed by atoms with E-state index < -0.39 is 0 Å². The Kier molecular flexibility index (Phi) is 3.83. The van der Waals surface area contributed by atoms with Gasteiger partial charge in [0.25, 0.3) is 5.91 Å². The maximum atomic E-state index is 13.6. The number of hydrogen-bond acceptors (Lipinski definition) is 3. The van der Waals surface area contributed by atoms with Crippen LogP contribution >= 0.6 is 0 Å². The molecule has 1 amide bonds. The number of carbonyl (C=O) groups excluding carboxylic acids is 1. The molecule has 0 aliphatic carbocycles. The van der Waals surface area contributed by atoms with Crippen LogP contribution in [0.1, 0.15) is 39.1 Å². The van der Waals surface area contributed by atoms with Gasteiger partial charge in [-0.2, -0.15) is 0 Å². The molecule has 0 bridgehead atoms. The van der Waals surface area contributed by atoms with E-state index in [1.807, 2.05) is 61.2 Å². The van der Waals surface area contributed by atoms with Crippen molar-refractivity contribution in [3.05, 3.63) is 89.2 Å². The summed E-state index contributed by atoms with van der Waals surface area (Å²) in [5.74, 6) is 0.330. The molecule has 0 saturated carbocycles. The van der Waals surface area contributed by atoms with Crippen molar-refractivity contribution in [3.63, 3.8) is 0 Å². The van der Waals surface area contributed by atoms with Gasteiger partial charge in [0.2, 0.25) is 0 Å². The first-order valence-corrected chi connectivity index (χ1v) is 9.50. The van der Waals surface area contributed by atoms with Crippen molar-refractivity contribution in [1.82, 2.24) is 14.5 Å². The number of pyridine rings is 1. The number of aromatic nitrogens is 2. The van der Waals surface area contributed by atoms with Crippen molar-refractivity contribution in [2.24, 2.45) is 0 Å². The first-order valence-electron chi connectivity index (χ1n) is 9.50. The van der Waals surface area contributed by atoms with E-state index in [0.717, 1.165) is 40.0 Å². The largest absolute Gasteiger partial charge is 0.451 e. The average molecular weight is 371 g/mol. The summed E-state index contributed by atoms with van der Waals surface area (Å²) in [5.41, 5.74) is 4.70. The van der Waals surface area contributed by atoms with E-state index in [1.54, 1.807) is 6.20 Å². The fourth-order valence-corrected chi connectivity index (χ4v) is 4.12. The van der Waals surface area contributed by atoms with Crippen molar-refractivity contribution in [2.45, 2.75) is 26.4 Å². The summed E-state index contributed by atoms with van der Waals surface area (Å²) in [4.78, 5) is 20.0. The van der Waals surface area contributed by atoms with Crippen LogP contribution in [0.5, 0.6) is 0 Å². The fourth-order valence-electron chi connectivity index (χ4n) is 4.12. The number of furan rings is 1. The molecule has 1 aromatic carbocycles. The van der Waals surface area contributed by atoms with Crippen molar-refractivity contribution >= 4 is 16.9 Å². The zero-order chi connectivity index (χ0) is 19.3. The molecule has 0 spiro atoms. The number of carbonyl (C=O) groups is 1. The molecule has 1 aliphatic rings. The van der Waals surface area contributed by atoms with Gasteiger partial charge < -0.3 is 13.9 Å². The maximum absolute atomic E-state index is 13.6. The third-order valence-corrected chi connectivity index (χ3v) is 5.56.